The van der Waals surface area contributed by atoms with Crippen LogP contribution in [0.4, 0.5) is 27.8 Å². The van der Waals surface area contributed by atoms with E-state index in [1.165, 1.54) is 30.5 Å². The van der Waals surface area contributed by atoms with Gasteiger partial charge in [-0.1, -0.05) is 18.4 Å². The molecule has 0 bridgehead atoms. The Morgan fingerprint density at radius 3 is 2.53 bits per heavy atom. The number of rotatable bonds is 10. The van der Waals surface area contributed by atoms with E-state index < -0.39 is 29.0 Å². The van der Waals surface area contributed by atoms with Crippen molar-refractivity contribution in [1.82, 2.24) is 19.9 Å². The van der Waals surface area contributed by atoms with E-state index in [1.54, 1.807) is 18.7 Å². The van der Waals surface area contributed by atoms with Crippen molar-refractivity contribution in [2.45, 2.75) is 82.2 Å². The molecule has 0 spiro atoms. The number of phenols is 1. The maximum Gasteiger partial charge on any atom is 0.417 e. The summed E-state index contributed by atoms with van der Waals surface area (Å²) < 4.78 is 78.3. The molecule has 0 amide bonds. The number of aromatic nitrogens is 3. The number of aromatic hydroxyl groups is 1. The first kappa shape index (κ1) is 41.4. The second-order valence-corrected chi connectivity index (χ2v) is 15.9. The smallest absolute Gasteiger partial charge is 0.417 e. The molecule has 2 aliphatic carbocycles. The first-order valence-corrected chi connectivity index (χ1v) is 18.2. The van der Waals surface area contributed by atoms with Crippen LogP contribution in [-0.2, 0) is 0 Å². The molecule has 0 radical (unpaired) electrons. The van der Waals surface area contributed by atoms with E-state index in [0.717, 1.165) is 38.6 Å². The molecule has 2 saturated carbocycles. The van der Waals surface area contributed by atoms with Crippen molar-refractivity contribution in [2.75, 3.05) is 37.7 Å². The predicted octanol–water partition coefficient (Wildman–Crippen LogP) is 6.94. The number of ether oxygens (including phenoxy) is 1. The number of likely N-dealkylation sites (tertiary alicyclic amines) is 1. The van der Waals surface area contributed by atoms with Crippen molar-refractivity contribution in [1.29, 1.82) is 0 Å². The number of hydrogen-bond acceptors (Lipinski definition) is 9. The van der Waals surface area contributed by atoms with Gasteiger partial charge in [0.05, 0.1) is 23.2 Å². The van der Waals surface area contributed by atoms with Crippen LogP contribution in [0, 0.1) is 73.3 Å². The number of benzene rings is 2. The average Bonchev–Trinajstić information content (AvgIpc) is 3.53. The topological polar surface area (TPSA) is 115 Å². The Hall–Kier alpha value is -3.27. The molecule has 2 atom stereocenters. The zero-order chi connectivity index (χ0) is 38.8. The van der Waals surface area contributed by atoms with Crippen LogP contribution in [0.1, 0.15) is 64.4 Å². The van der Waals surface area contributed by atoms with Gasteiger partial charge in [0, 0.05) is 72.8 Å². The normalized spacial score (nSPS) is 24.2. The summed E-state index contributed by atoms with van der Waals surface area (Å²) in [4.78, 5) is 17.6. The van der Waals surface area contributed by atoms with Gasteiger partial charge in [-0.25, -0.2) is 8.78 Å². The van der Waals surface area contributed by atoms with E-state index in [2.05, 4.69) is 27.7 Å². The molecule has 3 fully saturated rings. The minimum atomic E-state index is -4.65. The van der Waals surface area contributed by atoms with E-state index in [0.29, 0.717) is 11.9 Å². The summed E-state index contributed by atoms with van der Waals surface area (Å²) in [7, 11) is 0. The predicted molar refractivity (Wildman–Crippen MR) is 194 cm³/mol. The van der Waals surface area contributed by atoms with Crippen molar-refractivity contribution in [3.05, 3.63) is 54.6 Å². The van der Waals surface area contributed by atoms with Gasteiger partial charge in [0.25, 0.3) is 0 Å². The fourth-order valence-electron chi connectivity index (χ4n) is 9.02. The minimum absolute atomic E-state index is 0. The number of phenolic OH excluding ortho intramolecular Hbond substituents is 1. The number of halogens is 5. The Balaban J connectivity index is 0.00000514. The number of anilines is 1. The van der Waals surface area contributed by atoms with Crippen molar-refractivity contribution in [3.8, 4) is 35.4 Å². The van der Waals surface area contributed by atoms with Crippen LogP contribution in [-0.4, -0.2) is 91.4 Å². The summed E-state index contributed by atoms with van der Waals surface area (Å²) >= 11 is 0. The van der Waals surface area contributed by atoms with Gasteiger partial charge in [0.1, 0.15) is 28.6 Å². The van der Waals surface area contributed by atoms with Crippen LogP contribution < -0.4 is 9.64 Å². The summed E-state index contributed by atoms with van der Waals surface area (Å²) in [6.07, 6.45) is 5.94. The number of fused-ring (bicyclic) bond motifs is 3. The van der Waals surface area contributed by atoms with Gasteiger partial charge >= 0.3 is 12.2 Å². The minimum Gasteiger partial charge on any atom is -0.508 e. The first-order chi connectivity index (χ1) is 25.5. The van der Waals surface area contributed by atoms with E-state index in [9.17, 15) is 32.9 Å². The fraction of sp³-hybridized carbons (Fsp3) is 0.500. The molecule has 2 aromatic heterocycles. The molecule has 1 saturated heterocycles. The van der Waals surface area contributed by atoms with E-state index >= 15 is 4.39 Å². The molecule has 3 heterocycles. The zero-order valence-electron chi connectivity index (χ0n) is 30.7. The van der Waals surface area contributed by atoms with Gasteiger partial charge in [-0.05, 0) is 88.4 Å². The SMILES string of the molecule is C#Cc1c(F)ccc2cc(O)cc(-c3ncc4c(N(C[CH2-])CC(C)(C)O)nc(OCC56CCCC5N(CC5CC(O)(C(F)(F)F)C5)CCC6)nc4c3F)c12.[U]. The third-order valence-corrected chi connectivity index (χ3v) is 11.4. The Labute approximate surface area is 340 Å². The first-order valence-electron chi connectivity index (χ1n) is 18.2. The maximum atomic E-state index is 17.0. The summed E-state index contributed by atoms with van der Waals surface area (Å²) in [6, 6.07) is 5.16. The number of piperidine rings is 1. The maximum absolute atomic E-state index is 17.0. The Morgan fingerprint density at radius 1 is 1.13 bits per heavy atom. The Kier molecular flexibility index (Phi) is 11.5. The molecule has 1 aliphatic heterocycles. The Morgan fingerprint density at radius 2 is 1.85 bits per heavy atom. The molecule has 55 heavy (non-hydrogen) atoms. The molecule has 2 aromatic carbocycles. The van der Waals surface area contributed by atoms with Crippen LogP contribution >= 0.6 is 0 Å². The average molecular weight is 991 g/mol. The number of terminal acetylenes is 1. The van der Waals surface area contributed by atoms with Crippen molar-refractivity contribution >= 4 is 27.5 Å². The fourth-order valence-corrected chi connectivity index (χ4v) is 9.02. The van der Waals surface area contributed by atoms with Gasteiger partial charge in [-0.3, -0.25) is 9.88 Å². The van der Waals surface area contributed by atoms with Crippen LogP contribution in [0.2, 0.25) is 0 Å². The molecule has 9 nitrogen and oxygen atoms in total. The molecular formula is C40H43F5N5O4U-. The molecular weight excluding hydrogens is 947 g/mol. The van der Waals surface area contributed by atoms with Crippen LogP contribution in [0.5, 0.6) is 11.8 Å². The van der Waals surface area contributed by atoms with Gasteiger partial charge in [-0.15, -0.1) is 13.0 Å². The largest absolute Gasteiger partial charge is 0.508 e. The Bertz CT molecular complexity index is 2130. The van der Waals surface area contributed by atoms with Crippen molar-refractivity contribution < 1.29 is 73.1 Å². The van der Waals surface area contributed by atoms with Gasteiger partial charge in [-0.2, -0.15) is 23.1 Å². The van der Waals surface area contributed by atoms with Crippen LogP contribution in [0.3, 0.4) is 0 Å². The number of nitrogens with zero attached hydrogens (tertiary/aromatic N) is 5. The number of alkyl halides is 3. The molecule has 7 rings (SSSR count). The van der Waals surface area contributed by atoms with E-state index in [4.69, 9.17) is 16.1 Å². The van der Waals surface area contributed by atoms with Crippen molar-refractivity contribution in [3.63, 3.8) is 0 Å². The van der Waals surface area contributed by atoms with Crippen LogP contribution in [0.15, 0.2) is 30.5 Å². The summed E-state index contributed by atoms with van der Waals surface area (Å²) in [5.74, 6) is 0.472. The molecule has 3 aliphatic rings. The van der Waals surface area contributed by atoms with Gasteiger partial charge in [0.15, 0.2) is 11.4 Å². The number of pyridine rings is 1. The standard InChI is InChI=1S/C40H43F5N5O4.U/c1-5-26-29(41)11-10-24-15-25(51)16-27(31(24)26)33-32(42)34-28(19-46-33)35(49(6-2)21-37(3,4)52)48-36(47-34)54-22-38-12-7-9-30(38)50(14-8-13-38)20-23-17-39(53,18-23)40(43,44)45;/h1,10-11,15-16,19,23,30,51-53H,2,6-9,12-14,17-18,20-22H2,3-4H3;/q-1;. The molecule has 3 N–H and O–H groups in total. The van der Waals surface area contributed by atoms with E-state index in [-0.39, 0.29) is 132 Å². The molecule has 4 aromatic rings. The quantitative estimate of drug-likeness (QED) is 0.0885. The third kappa shape index (κ3) is 7.74. The molecule has 2 unspecified atom stereocenters. The summed E-state index contributed by atoms with van der Waals surface area (Å²) in [6.45, 7) is 8.79. The number of hydrogen-bond donors (Lipinski definition) is 3. The third-order valence-electron chi connectivity index (χ3n) is 11.4. The summed E-state index contributed by atoms with van der Waals surface area (Å²) in [5, 5.41) is 32.1. The second kappa shape index (κ2) is 15.2. The van der Waals surface area contributed by atoms with Gasteiger partial charge in [0.2, 0.25) is 0 Å². The van der Waals surface area contributed by atoms with Gasteiger partial charge < -0.3 is 31.9 Å². The number of aliphatic hydroxyl groups is 2. The molecule has 292 valence electrons. The van der Waals surface area contributed by atoms with E-state index in [1.807, 2.05) is 0 Å². The van der Waals surface area contributed by atoms with Crippen molar-refractivity contribution in [2.24, 2.45) is 11.3 Å². The zero-order valence-corrected chi connectivity index (χ0v) is 34.9. The monoisotopic (exact) mass is 990 g/mol. The molecule has 15 heteroatoms. The van der Waals surface area contributed by atoms with Crippen LogP contribution in [0.25, 0.3) is 32.9 Å². The summed E-state index contributed by atoms with van der Waals surface area (Å²) in [5.41, 5.74) is -4.65. The second-order valence-electron chi connectivity index (χ2n) is 15.9.